The first-order valence-electron chi connectivity index (χ1n) is 7.57. The predicted molar refractivity (Wildman–Crippen MR) is 97.3 cm³/mol. The minimum atomic E-state index is -0.243. The number of thiazole rings is 1. The number of aromatic nitrogens is 1. The molecule has 1 heterocycles. The number of halogens is 1. The standard InChI is InChI=1S/C19H17FN2OS/c1-3-12-22(13-11-14-7-9-15(23-2)10-8-14)19-21-17-6-4-5-16(20)18(17)24-19/h1,4-10H,11-13H2,2H3. The molecule has 3 rings (SSSR count). The normalized spacial score (nSPS) is 10.5. The van der Waals surface area contributed by atoms with E-state index in [2.05, 4.69) is 10.9 Å². The molecule has 5 heteroatoms. The van der Waals surface area contributed by atoms with Gasteiger partial charge in [0.15, 0.2) is 5.13 Å². The van der Waals surface area contributed by atoms with Gasteiger partial charge in [0.2, 0.25) is 0 Å². The van der Waals surface area contributed by atoms with Gasteiger partial charge in [0.05, 0.1) is 23.9 Å². The van der Waals surface area contributed by atoms with Crippen LogP contribution in [0, 0.1) is 18.2 Å². The number of anilines is 1. The zero-order valence-corrected chi connectivity index (χ0v) is 14.1. The maximum absolute atomic E-state index is 13.9. The van der Waals surface area contributed by atoms with Crippen LogP contribution >= 0.6 is 11.3 Å². The molecule has 0 fully saturated rings. The highest BCUT2D eigenvalue weighted by atomic mass is 32.1. The second-order valence-electron chi connectivity index (χ2n) is 5.31. The second-order valence-corrected chi connectivity index (χ2v) is 6.29. The molecule has 0 aliphatic carbocycles. The number of methoxy groups -OCH3 is 1. The Morgan fingerprint density at radius 2 is 2.04 bits per heavy atom. The van der Waals surface area contributed by atoms with E-state index in [0.717, 1.165) is 23.8 Å². The lowest BCUT2D eigenvalue weighted by atomic mass is 10.1. The monoisotopic (exact) mass is 340 g/mol. The van der Waals surface area contributed by atoms with E-state index in [4.69, 9.17) is 11.2 Å². The van der Waals surface area contributed by atoms with E-state index in [1.54, 1.807) is 13.2 Å². The number of ether oxygens (including phenoxy) is 1. The quantitative estimate of drug-likeness (QED) is 0.631. The Labute approximate surface area is 144 Å². The Kier molecular flexibility index (Phi) is 4.97. The van der Waals surface area contributed by atoms with Crippen LogP contribution in [0.1, 0.15) is 5.56 Å². The first-order valence-corrected chi connectivity index (χ1v) is 8.39. The third-order valence-corrected chi connectivity index (χ3v) is 4.88. The molecular weight excluding hydrogens is 323 g/mol. The van der Waals surface area contributed by atoms with Crippen LogP contribution in [0.15, 0.2) is 42.5 Å². The van der Waals surface area contributed by atoms with Crippen molar-refractivity contribution in [2.24, 2.45) is 0 Å². The number of rotatable bonds is 6. The molecule has 0 aliphatic heterocycles. The van der Waals surface area contributed by atoms with Crippen LogP contribution in [-0.2, 0) is 6.42 Å². The van der Waals surface area contributed by atoms with E-state index in [1.807, 2.05) is 35.2 Å². The van der Waals surface area contributed by atoms with Crippen molar-refractivity contribution in [1.82, 2.24) is 4.98 Å². The van der Waals surface area contributed by atoms with Crippen molar-refractivity contribution in [1.29, 1.82) is 0 Å². The Morgan fingerprint density at radius 1 is 1.25 bits per heavy atom. The average Bonchev–Trinajstić information content (AvgIpc) is 3.04. The third kappa shape index (κ3) is 3.50. The van der Waals surface area contributed by atoms with Crippen molar-refractivity contribution in [2.75, 3.05) is 25.1 Å². The fourth-order valence-electron chi connectivity index (χ4n) is 2.45. The predicted octanol–water partition coefficient (Wildman–Crippen LogP) is 4.13. The molecule has 122 valence electrons. The van der Waals surface area contributed by atoms with Gasteiger partial charge >= 0.3 is 0 Å². The summed E-state index contributed by atoms with van der Waals surface area (Å²) >= 11 is 1.34. The van der Waals surface area contributed by atoms with Crippen LogP contribution in [-0.4, -0.2) is 25.2 Å². The molecule has 0 N–H and O–H groups in total. The average molecular weight is 340 g/mol. The molecule has 0 saturated carbocycles. The smallest absolute Gasteiger partial charge is 0.187 e. The molecule has 2 aromatic carbocycles. The van der Waals surface area contributed by atoms with Crippen molar-refractivity contribution in [3.63, 3.8) is 0 Å². The summed E-state index contributed by atoms with van der Waals surface area (Å²) < 4.78 is 19.6. The Morgan fingerprint density at radius 3 is 2.71 bits per heavy atom. The van der Waals surface area contributed by atoms with Crippen LogP contribution in [0.5, 0.6) is 5.75 Å². The van der Waals surface area contributed by atoms with E-state index in [-0.39, 0.29) is 5.82 Å². The molecule has 0 saturated heterocycles. The third-order valence-electron chi connectivity index (χ3n) is 3.74. The molecule has 24 heavy (non-hydrogen) atoms. The second kappa shape index (κ2) is 7.33. The van der Waals surface area contributed by atoms with Crippen molar-refractivity contribution in [2.45, 2.75) is 6.42 Å². The molecule has 0 spiro atoms. The lowest BCUT2D eigenvalue weighted by Crippen LogP contribution is -2.26. The van der Waals surface area contributed by atoms with Gasteiger partial charge in [-0.15, -0.1) is 6.42 Å². The van der Waals surface area contributed by atoms with Crippen LogP contribution in [0.25, 0.3) is 10.2 Å². The van der Waals surface area contributed by atoms with E-state index >= 15 is 0 Å². The first-order chi connectivity index (χ1) is 11.7. The van der Waals surface area contributed by atoms with Crippen LogP contribution in [0.3, 0.4) is 0 Å². The number of hydrogen-bond donors (Lipinski definition) is 0. The summed E-state index contributed by atoms with van der Waals surface area (Å²) in [4.78, 5) is 6.53. The number of terminal acetylenes is 1. The molecule has 0 unspecified atom stereocenters. The maximum Gasteiger partial charge on any atom is 0.187 e. The van der Waals surface area contributed by atoms with E-state index in [9.17, 15) is 4.39 Å². The number of fused-ring (bicyclic) bond motifs is 1. The summed E-state index contributed by atoms with van der Waals surface area (Å²) in [6.45, 7) is 1.16. The minimum absolute atomic E-state index is 0.243. The summed E-state index contributed by atoms with van der Waals surface area (Å²) in [5, 5.41) is 0.751. The topological polar surface area (TPSA) is 25.4 Å². The van der Waals surface area contributed by atoms with Gasteiger partial charge in [0.1, 0.15) is 11.6 Å². The lowest BCUT2D eigenvalue weighted by Gasteiger charge is -2.19. The van der Waals surface area contributed by atoms with Crippen molar-refractivity contribution in [3.8, 4) is 18.1 Å². The van der Waals surface area contributed by atoms with Gasteiger partial charge in [0, 0.05) is 6.54 Å². The largest absolute Gasteiger partial charge is 0.497 e. The van der Waals surface area contributed by atoms with Gasteiger partial charge in [0.25, 0.3) is 0 Å². The van der Waals surface area contributed by atoms with Crippen molar-refractivity contribution in [3.05, 3.63) is 53.8 Å². The molecular formula is C19H17FN2OS. The van der Waals surface area contributed by atoms with Gasteiger partial charge in [-0.1, -0.05) is 35.5 Å². The molecule has 0 radical (unpaired) electrons. The zero-order valence-electron chi connectivity index (χ0n) is 13.3. The van der Waals surface area contributed by atoms with Gasteiger partial charge in [-0.25, -0.2) is 9.37 Å². The molecule has 3 nitrogen and oxygen atoms in total. The highest BCUT2D eigenvalue weighted by Gasteiger charge is 2.13. The van der Waals surface area contributed by atoms with Gasteiger partial charge in [-0.3, -0.25) is 0 Å². The van der Waals surface area contributed by atoms with Gasteiger partial charge in [-0.05, 0) is 36.2 Å². The first kappa shape index (κ1) is 16.3. The van der Waals surface area contributed by atoms with Crippen molar-refractivity contribution < 1.29 is 9.13 Å². The highest BCUT2D eigenvalue weighted by molar-refractivity contribution is 7.22. The molecule has 0 amide bonds. The summed E-state index contributed by atoms with van der Waals surface area (Å²) in [5.74, 6) is 3.25. The van der Waals surface area contributed by atoms with Gasteiger partial charge < -0.3 is 9.64 Å². The molecule has 3 aromatic rings. The Balaban J connectivity index is 1.78. The highest BCUT2D eigenvalue weighted by Crippen LogP contribution is 2.30. The molecule has 1 aromatic heterocycles. The summed E-state index contributed by atoms with van der Waals surface area (Å²) in [6, 6.07) is 12.9. The minimum Gasteiger partial charge on any atom is -0.497 e. The van der Waals surface area contributed by atoms with Gasteiger partial charge in [-0.2, -0.15) is 0 Å². The molecule has 0 aliphatic rings. The molecule has 0 atom stereocenters. The number of benzene rings is 2. The van der Waals surface area contributed by atoms with E-state index in [0.29, 0.717) is 16.8 Å². The Bertz CT molecular complexity index is 867. The van der Waals surface area contributed by atoms with Crippen LogP contribution in [0.4, 0.5) is 9.52 Å². The maximum atomic E-state index is 13.9. The van der Waals surface area contributed by atoms with Crippen molar-refractivity contribution >= 4 is 26.7 Å². The van der Waals surface area contributed by atoms with E-state index < -0.39 is 0 Å². The summed E-state index contributed by atoms with van der Waals surface area (Å²) in [6.07, 6.45) is 6.32. The van der Waals surface area contributed by atoms with Crippen LogP contribution in [0.2, 0.25) is 0 Å². The fourth-order valence-corrected chi connectivity index (χ4v) is 3.44. The van der Waals surface area contributed by atoms with Crippen LogP contribution < -0.4 is 9.64 Å². The molecule has 0 bridgehead atoms. The Hall–Kier alpha value is -2.58. The lowest BCUT2D eigenvalue weighted by molar-refractivity contribution is 0.414. The zero-order chi connectivity index (χ0) is 16.9. The summed E-state index contributed by atoms with van der Waals surface area (Å²) in [5.41, 5.74) is 1.85. The summed E-state index contributed by atoms with van der Waals surface area (Å²) in [7, 11) is 1.65. The number of nitrogens with zero attached hydrogens (tertiary/aromatic N) is 2. The number of hydrogen-bond acceptors (Lipinski definition) is 4. The SMILES string of the molecule is C#CCN(CCc1ccc(OC)cc1)c1nc2cccc(F)c2s1. The fraction of sp³-hybridized carbons (Fsp3) is 0.211. The van der Waals surface area contributed by atoms with E-state index in [1.165, 1.54) is 23.0 Å².